The number of morpholine rings is 1. The van der Waals surface area contributed by atoms with Gasteiger partial charge in [-0.1, -0.05) is 15.9 Å². The Morgan fingerprint density at radius 1 is 1.47 bits per heavy atom. The Labute approximate surface area is 111 Å². The van der Waals surface area contributed by atoms with E-state index in [4.69, 9.17) is 10.5 Å². The van der Waals surface area contributed by atoms with Crippen LogP contribution in [0.5, 0.6) is 0 Å². The molecule has 2 rings (SSSR count). The number of nitrogens with two attached hydrogens (primary N) is 1. The molecule has 1 saturated heterocycles. The summed E-state index contributed by atoms with van der Waals surface area (Å²) in [6, 6.07) is 6.31. The van der Waals surface area contributed by atoms with Crippen molar-refractivity contribution in [3.63, 3.8) is 0 Å². The number of nitrogens with zero attached hydrogens (tertiary/aromatic N) is 1. The third-order valence-electron chi connectivity index (χ3n) is 3.20. The molecule has 0 atom stereocenters. The standard InChI is InChI=1S/C13H19BrN2O/c1-13(2)9-17-6-5-16(13)12-4-3-11(14)7-10(12)8-15/h3-4,7H,5-6,8-9,15H2,1-2H3. The number of anilines is 1. The Morgan fingerprint density at radius 2 is 2.24 bits per heavy atom. The molecule has 1 aromatic rings. The lowest BCUT2D eigenvalue weighted by Crippen LogP contribution is -2.53. The summed E-state index contributed by atoms with van der Waals surface area (Å²) in [6.07, 6.45) is 0. The zero-order chi connectivity index (χ0) is 12.5. The van der Waals surface area contributed by atoms with E-state index >= 15 is 0 Å². The largest absolute Gasteiger partial charge is 0.377 e. The van der Waals surface area contributed by atoms with Crippen molar-refractivity contribution in [2.24, 2.45) is 5.73 Å². The van der Waals surface area contributed by atoms with E-state index in [9.17, 15) is 0 Å². The van der Waals surface area contributed by atoms with Gasteiger partial charge >= 0.3 is 0 Å². The molecular formula is C13H19BrN2O. The Balaban J connectivity index is 2.38. The van der Waals surface area contributed by atoms with Crippen LogP contribution in [0.25, 0.3) is 0 Å². The minimum absolute atomic E-state index is 0.0238. The maximum Gasteiger partial charge on any atom is 0.0694 e. The molecule has 1 fully saturated rings. The molecule has 0 spiro atoms. The SMILES string of the molecule is CC1(C)COCCN1c1ccc(Br)cc1CN. The fraction of sp³-hybridized carbons (Fsp3) is 0.538. The predicted octanol–water partition coefficient (Wildman–Crippen LogP) is 2.52. The molecule has 1 aliphatic heterocycles. The van der Waals surface area contributed by atoms with Gasteiger partial charge in [0.15, 0.2) is 0 Å². The van der Waals surface area contributed by atoms with Crippen molar-refractivity contribution >= 4 is 21.6 Å². The van der Waals surface area contributed by atoms with Crippen molar-refractivity contribution in [3.8, 4) is 0 Å². The highest BCUT2D eigenvalue weighted by Crippen LogP contribution is 2.31. The van der Waals surface area contributed by atoms with Crippen LogP contribution in [0.15, 0.2) is 22.7 Å². The molecule has 94 valence electrons. The first-order valence-corrected chi connectivity index (χ1v) is 6.68. The molecule has 0 amide bonds. The second kappa shape index (κ2) is 4.96. The highest BCUT2D eigenvalue weighted by Gasteiger charge is 2.31. The summed E-state index contributed by atoms with van der Waals surface area (Å²) in [5, 5.41) is 0. The normalized spacial score (nSPS) is 19.4. The molecule has 17 heavy (non-hydrogen) atoms. The molecule has 0 saturated carbocycles. The highest BCUT2D eigenvalue weighted by atomic mass is 79.9. The van der Waals surface area contributed by atoms with Gasteiger partial charge in [-0.05, 0) is 37.6 Å². The molecule has 1 aliphatic rings. The molecule has 2 N–H and O–H groups in total. The zero-order valence-corrected chi connectivity index (χ0v) is 12.0. The van der Waals surface area contributed by atoms with Crippen LogP contribution in [0.1, 0.15) is 19.4 Å². The van der Waals surface area contributed by atoms with Crippen molar-refractivity contribution in [1.29, 1.82) is 0 Å². The lowest BCUT2D eigenvalue weighted by Gasteiger charge is -2.44. The lowest BCUT2D eigenvalue weighted by atomic mass is 9.99. The van der Waals surface area contributed by atoms with Crippen LogP contribution in [0.3, 0.4) is 0 Å². The number of hydrogen-bond donors (Lipinski definition) is 1. The summed E-state index contributed by atoms with van der Waals surface area (Å²) < 4.78 is 6.63. The molecule has 0 unspecified atom stereocenters. The van der Waals surface area contributed by atoms with E-state index in [0.29, 0.717) is 6.54 Å². The second-order valence-corrected chi connectivity index (χ2v) is 5.91. The van der Waals surface area contributed by atoms with Gasteiger partial charge in [0.25, 0.3) is 0 Å². The number of rotatable bonds is 2. The van der Waals surface area contributed by atoms with E-state index in [0.717, 1.165) is 24.2 Å². The van der Waals surface area contributed by atoms with Gasteiger partial charge in [0.1, 0.15) is 0 Å². The molecule has 0 aliphatic carbocycles. The quantitative estimate of drug-likeness (QED) is 0.912. The van der Waals surface area contributed by atoms with Crippen molar-refractivity contribution < 1.29 is 4.74 Å². The highest BCUT2D eigenvalue weighted by molar-refractivity contribution is 9.10. The van der Waals surface area contributed by atoms with Gasteiger partial charge in [-0.3, -0.25) is 0 Å². The summed E-state index contributed by atoms with van der Waals surface area (Å²) in [6.45, 7) is 7.42. The summed E-state index contributed by atoms with van der Waals surface area (Å²) in [5.41, 5.74) is 8.26. The molecule has 0 aromatic heterocycles. The lowest BCUT2D eigenvalue weighted by molar-refractivity contribution is 0.0643. The van der Waals surface area contributed by atoms with E-state index in [1.165, 1.54) is 11.3 Å². The number of hydrogen-bond acceptors (Lipinski definition) is 3. The first kappa shape index (κ1) is 12.9. The Kier molecular flexibility index (Phi) is 3.76. The van der Waals surface area contributed by atoms with Crippen LogP contribution in [-0.2, 0) is 11.3 Å². The first-order valence-electron chi connectivity index (χ1n) is 5.88. The smallest absolute Gasteiger partial charge is 0.0694 e. The van der Waals surface area contributed by atoms with Gasteiger partial charge in [0.05, 0.1) is 18.8 Å². The molecule has 4 heteroatoms. The number of ether oxygens (including phenoxy) is 1. The van der Waals surface area contributed by atoms with E-state index in [-0.39, 0.29) is 5.54 Å². The Hall–Kier alpha value is -0.580. The van der Waals surface area contributed by atoms with Crippen LogP contribution in [0, 0.1) is 0 Å². The third-order valence-corrected chi connectivity index (χ3v) is 3.69. The minimum atomic E-state index is 0.0238. The van der Waals surface area contributed by atoms with E-state index in [1.54, 1.807) is 0 Å². The predicted molar refractivity (Wildman–Crippen MR) is 74.3 cm³/mol. The molecule has 1 heterocycles. The van der Waals surface area contributed by atoms with Crippen LogP contribution in [0.2, 0.25) is 0 Å². The first-order chi connectivity index (χ1) is 8.04. The van der Waals surface area contributed by atoms with Crippen LogP contribution < -0.4 is 10.6 Å². The summed E-state index contributed by atoms with van der Waals surface area (Å²) in [4.78, 5) is 2.39. The summed E-state index contributed by atoms with van der Waals surface area (Å²) >= 11 is 3.49. The van der Waals surface area contributed by atoms with Crippen LogP contribution >= 0.6 is 15.9 Å². The molecule has 0 bridgehead atoms. The number of halogens is 1. The Morgan fingerprint density at radius 3 is 2.88 bits per heavy atom. The van der Waals surface area contributed by atoms with Crippen molar-refractivity contribution in [3.05, 3.63) is 28.2 Å². The van der Waals surface area contributed by atoms with Gasteiger partial charge in [-0.25, -0.2) is 0 Å². The average Bonchev–Trinajstić information content (AvgIpc) is 2.29. The number of benzene rings is 1. The third kappa shape index (κ3) is 2.64. The van der Waals surface area contributed by atoms with Gasteiger partial charge < -0.3 is 15.4 Å². The van der Waals surface area contributed by atoms with Gasteiger partial charge in [-0.15, -0.1) is 0 Å². The van der Waals surface area contributed by atoms with Crippen molar-refractivity contribution in [1.82, 2.24) is 0 Å². The minimum Gasteiger partial charge on any atom is -0.377 e. The molecular weight excluding hydrogens is 280 g/mol. The topological polar surface area (TPSA) is 38.5 Å². The zero-order valence-electron chi connectivity index (χ0n) is 10.4. The molecule has 3 nitrogen and oxygen atoms in total. The van der Waals surface area contributed by atoms with Gasteiger partial charge in [0, 0.05) is 23.2 Å². The van der Waals surface area contributed by atoms with Crippen LogP contribution in [-0.4, -0.2) is 25.3 Å². The molecule has 1 aromatic carbocycles. The molecule has 0 radical (unpaired) electrons. The monoisotopic (exact) mass is 298 g/mol. The van der Waals surface area contributed by atoms with E-state index in [1.807, 2.05) is 0 Å². The second-order valence-electron chi connectivity index (χ2n) is 4.99. The van der Waals surface area contributed by atoms with E-state index in [2.05, 4.69) is 52.9 Å². The van der Waals surface area contributed by atoms with Crippen molar-refractivity contribution in [2.45, 2.75) is 25.9 Å². The Bertz CT molecular complexity index is 406. The van der Waals surface area contributed by atoms with Gasteiger partial charge in [0.2, 0.25) is 0 Å². The average molecular weight is 299 g/mol. The van der Waals surface area contributed by atoms with Crippen molar-refractivity contribution in [2.75, 3.05) is 24.7 Å². The summed E-state index contributed by atoms with van der Waals surface area (Å²) in [5.74, 6) is 0. The fourth-order valence-corrected chi connectivity index (χ4v) is 2.69. The maximum atomic E-state index is 5.84. The van der Waals surface area contributed by atoms with Gasteiger partial charge in [-0.2, -0.15) is 0 Å². The van der Waals surface area contributed by atoms with E-state index < -0.39 is 0 Å². The fourth-order valence-electron chi connectivity index (χ4n) is 2.29. The summed E-state index contributed by atoms with van der Waals surface area (Å²) in [7, 11) is 0. The van der Waals surface area contributed by atoms with Crippen LogP contribution in [0.4, 0.5) is 5.69 Å². The maximum absolute atomic E-state index is 5.84.